The molecule has 1 heterocycles. The van der Waals surface area contributed by atoms with Crippen LogP contribution in [0, 0.1) is 0 Å². The first-order valence-corrected chi connectivity index (χ1v) is 9.54. The van der Waals surface area contributed by atoms with Crippen molar-refractivity contribution < 1.29 is 9.59 Å². The van der Waals surface area contributed by atoms with E-state index in [4.69, 9.17) is 0 Å². The third-order valence-electron chi connectivity index (χ3n) is 4.72. The van der Waals surface area contributed by atoms with Gasteiger partial charge in [-0.05, 0) is 50.8 Å². The van der Waals surface area contributed by atoms with E-state index in [1.54, 1.807) is 0 Å². The number of hydrogen-bond acceptors (Lipinski definition) is 3. The lowest BCUT2D eigenvalue weighted by atomic mass is 10.1. The molecule has 0 aromatic heterocycles. The Kier molecular flexibility index (Phi) is 7.29. The van der Waals surface area contributed by atoms with Gasteiger partial charge in [0.15, 0.2) is 0 Å². The number of carbonyl (C=O) groups is 2. The van der Waals surface area contributed by atoms with Crippen molar-refractivity contribution in [2.75, 3.05) is 23.3 Å². The summed E-state index contributed by atoms with van der Waals surface area (Å²) in [6, 6.07) is 5.81. The number of rotatable bonds is 8. The molecule has 1 aromatic rings. The Morgan fingerprint density at radius 1 is 1.20 bits per heavy atom. The molecule has 2 amide bonds. The fraction of sp³-hybridized carbons (Fsp3) is 0.600. The molecule has 1 aromatic carbocycles. The Morgan fingerprint density at radius 2 is 1.92 bits per heavy atom. The molecule has 0 saturated carbocycles. The standard InChI is InChI=1S/C20H31N3O2/c1-4-6-9-19(24)22-16-10-11-18(23-12-7-8-13-23)17(14-16)20(25)21-15(3)5-2/h10-11,14-15H,4-9,12-13H2,1-3H3,(H,21,25)(H,22,24). The van der Waals surface area contributed by atoms with E-state index < -0.39 is 0 Å². The Hall–Kier alpha value is -2.04. The van der Waals surface area contributed by atoms with E-state index in [1.807, 2.05) is 25.1 Å². The highest BCUT2D eigenvalue weighted by Crippen LogP contribution is 2.28. The van der Waals surface area contributed by atoms with Gasteiger partial charge in [-0.25, -0.2) is 0 Å². The molecule has 1 saturated heterocycles. The molecule has 0 spiro atoms. The number of hydrogen-bond donors (Lipinski definition) is 2. The summed E-state index contributed by atoms with van der Waals surface area (Å²) >= 11 is 0. The number of amides is 2. The zero-order chi connectivity index (χ0) is 18.2. The van der Waals surface area contributed by atoms with Gasteiger partial charge in [-0.15, -0.1) is 0 Å². The maximum absolute atomic E-state index is 12.8. The molecule has 138 valence electrons. The molecule has 2 rings (SSSR count). The Labute approximate surface area is 151 Å². The van der Waals surface area contributed by atoms with Crippen LogP contribution in [0.3, 0.4) is 0 Å². The molecular weight excluding hydrogens is 314 g/mol. The van der Waals surface area contributed by atoms with E-state index in [-0.39, 0.29) is 17.9 Å². The van der Waals surface area contributed by atoms with Crippen LogP contribution >= 0.6 is 0 Å². The van der Waals surface area contributed by atoms with Gasteiger partial charge >= 0.3 is 0 Å². The van der Waals surface area contributed by atoms with Crippen molar-refractivity contribution in [2.24, 2.45) is 0 Å². The maximum atomic E-state index is 12.8. The third-order valence-corrected chi connectivity index (χ3v) is 4.72. The van der Waals surface area contributed by atoms with Crippen LogP contribution in [-0.2, 0) is 4.79 Å². The smallest absolute Gasteiger partial charge is 0.253 e. The highest BCUT2D eigenvalue weighted by Gasteiger charge is 2.21. The van der Waals surface area contributed by atoms with Gasteiger partial charge in [-0.1, -0.05) is 20.3 Å². The lowest BCUT2D eigenvalue weighted by Crippen LogP contribution is -2.33. The van der Waals surface area contributed by atoms with Gasteiger partial charge in [0.05, 0.1) is 5.56 Å². The van der Waals surface area contributed by atoms with Crippen molar-refractivity contribution in [2.45, 2.75) is 65.3 Å². The lowest BCUT2D eigenvalue weighted by Gasteiger charge is -2.23. The second-order valence-electron chi connectivity index (χ2n) is 6.86. The number of carbonyl (C=O) groups excluding carboxylic acids is 2. The highest BCUT2D eigenvalue weighted by atomic mass is 16.2. The summed E-state index contributed by atoms with van der Waals surface area (Å²) in [6.45, 7) is 8.08. The molecule has 5 heteroatoms. The minimum Gasteiger partial charge on any atom is -0.371 e. The summed E-state index contributed by atoms with van der Waals surface area (Å²) in [6.07, 6.45) is 5.57. The van der Waals surface area contributed by atoms with E-state index in [0.717, 1.165) is 50.9 Å². The lowest BCUT2D eigenvalue weighted by molar-refractivity contribution is -0.116. The van der Waals surface area contributed by atoms with Crippen molar-refractivity contribution in [1.82, 2.24) is 5.32 Å². The number of nitrogens with one attached hydrogen (secondary N) is 2. The van der Waals surface area contributed by atoms with Crippen molar-refractivity contribution in [3.05, 3.63) is 23.8 Å². The van der Waals surface area contributed by atoms with E-state index in [0.29, 0.717) is 17.7 Å². The van der Waals surface area contributed by atoms with Gasteiger partial charge in [-0.2, -0.15) is 0 Å². The van der Waals surface area contributed by atoms with Gasteiger partial charge in [0.25, 0.3) is 5.91 Å². The van der Waals surface area contributed by atoms with Gasteiger partial charge in [-0.3, -0.25) is 9.59 Å². The van der Waals surface area contributed by atoms with Gasteiger partial charge in [0.2, 0.25) is 5.91 Å². The molecule has 1 fully saturated rings. The number of benzene rings is 1. The van der Waals surface area contributed by atoms with Crippen molar-refractivity contribution in [1.29, 1.82) is 0 Å². The summed E-state index contributed by atoms with van der Waals surface area (Å²) in [7, 11) is 0. The summed E-state index contributed by atoms with van der Waals surface area (Å²) < 4.78 is 0. The number of anilines is 2. The first kappa shape index (κ1) is 19.3. The van der Waals surface area contributed by atoms with Crippen LogP contribution in [0.4, 0.5) is 11.4 Å². The largest absolute Gasteiger partial charge is 0.371 e. The van der Waals surface area contributed by atoms with Crippen LogP contribution in [0.5, 0.6) is 0 Å². The fourth-order valence-electron chi connectivity index (χ4n) is 2.99. The van der Waals surface area contributed by atoms with Crippen LogP contribution < -0.4 is 15.5 Å². The maximum Gasteiger partial charge on any atom is 0.253 e. The normalized spacial score (nSPS) is 15.1. The third kappa shape index (κ3) is 5.48. The molecule has 0 aliphatic carbocycles. The SMILES string of the molecule is CCCCC(=O)Nc1ccc(N2CCCC2)c(C(=O)NC(C)CC)c1. The van der Waals surface area contributed by atoms with E-state index >= 15 is 0 Å². The van der Waals surface area contributed by atoms with Crippen LogP contribution in [0.1, 0.15) is 69.7 Å². The molecule has 1 aliphatic rings. The predicted molar refractivity (Wildman–Crippen MR) is 103 cm³/mol. The molecule has 2 N–H and O–H groups in total. The summed E-state index contributed by atoms with van der Waals surface area (Å²) in [5.41, 5.74) is 2.30. The van der Waals surface area contributed by atoms with Crippen molar-refractivity contribution in [3.8, 4) is 0 Å². The molecular formula is C20H31N3O2. The average molecular weight is 345 g/mol. The molecule has 1 aliphatic heterocycles. The van der Waals surface area contributed by atoms with Gasteiger partial charge < -0.3 is 15.5 Å². The monoisotopic (exact) mass is 345 g/mol. The van der Waals surface area contributed by atoms with Crippen molar-refractivity contribution in [3.63, 3.8) is 0 Å². The zero-order valence-corrected chi connectivity index (χ0v) is 15.7. The fourth-order valence-corrected chi connectivity index (χ4v) is 2.99. The second kappa shape index (κ2) is 9.44. The highest BCUT2D eigenvalue weighted by molar-refractivity contribution is 6.02. The van der Waals surface area contributed by atoms with Gasteiger partial charge in [0.1, 0.15) is 0 Å². The predicted octanol–water partition coefficient (Wildman–Crippen LogP) is 3.94. The molecule has 0 radical (unpaired) electrons. The second-order valence-corrected chi connectivity index (χ2v) is 6.86. The Morgan fingerprint density at radius 3 is 2.56 bits per heavy atom. The first-order valence-electron chi connectivity index (χ1n) is 9.54. The number of unbranched alkanes of at least 4 members (excludes halogenated alkanes) is 1. The van der Waals surface area contributed by atoms with Crippen LogP contribution in [-0.4, -0.2) is 30.9 Å². The Bertz CT molecular complexity index is 595. The minimum atomic E-state index is -0.0686. The van der Waals surface area contributed by atoms with Crippen LogP contribution in [0.2, 0.25) is 0 Å². The van der Waals surface area contributed by atoms with Crippen molar-refractivity contribution >= 4 is 23.2 Å². The first-order chi connectivity index (χ1) is 12.0. The molecule has 1 unspecified atom stereocenters. The zero-order valence-electron chi connectivity index (χ0n) is 15.7. The summed E-state index contributed by atoms with van der Waals surface area (Å²) in [5, 5.41) is 5.97. The van der Waals surface area contributed by atoms with Gasteiger partial charge in [0, 0.05) is 36.9 Å². The number of nitrogens with zero attached hydrogens (tertiary/aromatic N) is 1. The summed E-state index contributed by atoms with van der Waals surface area (Å²) in [5.74, 6) is -0.0648. The molecule has 5 nitrogen and oxygen atoms in total. The summed E-state index contributed by atoms with van der Waals surface area (Å²) in [4.78, 5) is 27.0. The molecule has 0 bridgehead atoms. The molecule has 1 atom stereocenters. The quantitative estimate of drug-likeness (QED) is 0.750. The molecule has 25 heavy (non-hydrogen) atoms. The van der Waals surface area contributed by atoms with Crippen LogP contribution in [0.25, 0.3) is 0 Å². The average Bonchev–Trinajstić information content (AvgIpc) is 3.14. The van der Waals surface area contributed by atoms with Crippen LogP contribution in [0.15, 0.2) is 18.2 Å². The van der Waals surface area contributed by atoms with E-state index in [9.17, 15) is 9.59 Å². The Balaban J connectivity index is 2.22. The minimum absolute atomic E-state index is 0.00376. The van der Waals surface area contributed by atoms with E-state index in [2.05, 4.69) is 29.4 Å². The van der Waals surface area contributed by atoms with E-state index in [1.165, 1.54) is 0 Å². The topological polar surface area (TPSA) is 61.4 Å².